The van der Waals surface area contributed by atoms with Crippen LogP contribution in [0.5, 0.6) is 0 Å². The predicted molar refractivity (Wildman–Crippen MR) is 102 cm³/mol. The molecule has 128 valence electrons. The molecule has 2 aliphatic heterocycles. The van der Waals surface area contributed by atoms with Crippen molar-refractivity contribution in [3.05, 3.63) is 53.4 Å². The molecule has 0 bridgehead atoms. The van der Waals surface area contributed by atoms with Crippen molar-refractivity contribution in [2.45, 2.75) is 65.0 Å². The number of anilines is 1. The van der Waals surface area contributed by atoms with Crippen molar-refractivity contribution in [2.75, 3.05) is 11.9 Å². The van der Waals surface area contributed by atoms with Gasteiger partial charge in [0.25, 0.3) is 0 Å². The number of likely N-dealkylation sites (N-methyl/N-ethyl adjacent to an activating group) is 1. The van der Waals surface area contributed by atoms with Gasteiger partial charge in [-0.15, -0.1) is 0 Å². The van der Waals surface area contributed by atoms with Crippen LogP contribution in [-0.4, -0.2) is 18.1 Å². The van der Waals surface area contributed by atoms with Crippen molar-refractivity contribution in [2.24, 2.45) is 5.41 Å². The van der Waals surface area contributed by atoms with Crippen LogP contribution in [0.2, 0.25) is 0 Å². The van der Waals surface area contributed by atoms with Gasteiger partial charge in [0.2, 0.25) is 0 Å². The molecule has 0 radical (unpaired) electrons. The van der Waals surface area contributed by atoms with Gasteiger partial charge >= 0.3 is 0 Å². The van der Waals surface area contributed by atoms with Crippen LogP contribution < -0.4 is 4.90 Å². The molecule has 3 aliphatic rings. The van der Waals surface area contributed by atoms with Crippen LogP contribution >= 0.6 is 0 Å². The van der Waals surface area contributed by atoms with Gasteiger partial charge < -0.3 is 9.80 Å². The molecule has 0 aromatic heterocycles. The van der Waals surface area contributed by atoms with E-state index in [0.29, 0.717) is 6.17 Å². The van der Waals surface area contributed by atoms with E-state index in [1.54, 1.807) is 0 Å². The second kappa shape index (κ2) is 5.15. The zero-order chi connectivity index (χ0) is 17.1. The molecule has 4 rings (SSSR count). The van der Waals surface area contributed by atoms with E-state index in [0.717, 1.165) is 12.8 Å². The molecule has 2 nitrogen and oxygen atoms in total. The summed E-state index contributed by atoms with van der Waals surface area (Å²) in [5.74, 6) is 0. The van der Waals surface area contributed by atoms with Gasteiger partial charge in [0.1, 0.15) is 6.17 Å². The van der Waals surface area contributed by atoms with Crippen molar-refractivity contribution in [3.63, 3.8) is 0 Å². The number of para-hydroxylation sites is 1. The summed E-state index contributed by atoms with van der Waals surface area (Å²) in [6.07, 6.45) is 9.76. The predicted octanol–water partition coefficient (Wildman–Crippen LogP) is 5.42. The Balaban J connectivity index is 2.01. The Morgan fingerprint density at radius 3 is 2.58 bits per heavy atom. The fourth-order valence-electron chi connectivity index (χ4n) is 5.56. The smallest absolute Gasteiger partial charge is 0.112 e. The van der Waals surface area contributed by atoms with E-state index in [2.05, 4.69) is 81.0 Å². The topological polar surface area (TPSA) is 6.48 Å². The van der Waals surface area contributed by atoms with E-state index in [4.69, 9.17) is 0 Å². The number of fused-ring (bicyclic) bond motifs is 4. The van der Waals surface area contributed by atoms with Crippen molar-refractivity contribution in [3.8, 4) is 0 Å². The molecule has 2 heterocycles. The van der Waals surface area contributed by atoms with Crippen LogP contribution in [0.15, 0.2) is 47.8 Å². The molecular weight excluding hydrogens is 292 g/mol. The number of benzene rings is 1. The minimum absolute atomic E-state index is 0.187. The second-order valence-electron chi connectivity index (χ2n) is 8.10. The summed E-state index contributed by atoms with van der Waals surface area (Å²) in [5.41, 5.74) is 6.31. The first kappa shape index (κ1) is 15.8. The Kier molecular flexibility index (Phi) is 3.39. The number of hydrogen-bond donors (Lipinski definition) is 0. The standard InChI is InChI=1S/C22H30N2/c1-6-21(3)16-12-8-9-13-17(16)24-19-15-11-10-14-18(19)23(5)20(24)22(21,4)7-2/h8-10,12-14,20H,6-7,11,15H2,1-5H3. The highest BCUT2D eigenvalue weighted by atomic mass is 15.4. The minimum atomic E-state index is 0.187. The van der Waals surface area contributed by atoms with Gasteiger partial charge in [0, 0.05) is 29.3 Å². The molecule has 24 heavy (non-hydrogen) atoms. The Hall–Kier alpha value is -1.70. The maximum Gasteiger partial charge on any atom is 0.112 e. The first-order valence-corrected chi connectivity index (χ1v) is 9.51. The van der Waals surface area contributed by atoms with Crippen LogP contribution in [0.1, 0.15) is 58.9 Å². The second-order valence-corrected chi connectivity index (χ2v) is 8.10. The number of nitrogens with zero attached hydrogens (tertiary/aromatic N) is 2. The molecule has 0 amide bonds. The Labute approximate surface area is 146 Å². The number of rotatable bonds is 2. The van der Waals surface area contributed by atoms with Crippen LogP contribution in [0.25, 0.3) is 0 Å². The number of allylic oxidation sites excluding steroid dienone is 3. The first-order chi connectivity index (χ1) is 11.5. The van der Waals surface area contributed by atoms with Gasteiger partial charge in [-0.25, -0.2) is 0 Å². The molecule has 2 heteroatoms. The SMILES string of the molecule is CCC1(C)c2ccccc2N2C3=C(C=CCC3)N(C)C2C1(C)CC. The van der Waals surface area contributed by atoms with Gasteiger partial charge in [0.15, 0.2) is 0 Å². The molecule has 1 aromatic rings. The largest absolute Gasteiger partial charge is 0.352 e. The van der Waals surface area contributed by atoms with E-state index in [1.165, 1.54) is 35.5 Å². The summed E-state index contributed by atoms with van der Waals surface area (Å²) in [6, 6.07) is 9.14. The molecular formula is C22H30N2. The Morgan fingerprint density at radius 1 is 1.12 bits per heavy atom. The zero-order valence-electron chi connectivity index (χ0n) is 15.8. The summed E-state index contributed by atoms with van der Waals surface area (Å²) < 4.78 is 0. The van der Waals surface area contributed by atoms with Crippen molar-refractivity contribution >= 4 is 5.69 Å². The van der Waals surface area contributed by atoms with E-state index in [9.17, 15) is 0 Å². The highest BCUT2D eigenvalue weighted by molar-refractivity contribution is 5.68. The van der Waals surface area contributed by atoms with Crippen LogP contribution in [-0.2, 0) is 5.41 Å². The van der Waals surface area contributed by atoms with Gasteiger partial charge in [-0.1, -0.05) is 52.0 Å². The van der Waals surface area contributed by atoms with Gasteiger partial charge in [0.05, 0.1) is 5.70 Å². The molecule has 0 fully saturated rings. The Morgan fingerprint density at radius 2 is 1.88 bits per heavy atom. The highest BCUT2D eigenvalue weighted by Gasteiger charge is 2.59. The molecule has 0 N–H and O–H groups in total. The van der Waals surface area contributed by atoms with E-state index >= 15 is 0 Å². The van der Waals surface area contributed by atoms with E-state index < -0.39 is 0 Å². The Bertz CT molecular complexity index is 731. The fourth-order valence-corrected chi connectivity index (χ4v) is 5.56. The normalized spacial score (nSPS) is 34.3. The lowest BCUT2D eigenvalue weighted by molar-refractivity contribution is 0.0364. The van der Waals surface area contributed by atoms with Gasteiger partial charge in [-0.2, -0.15) is 0 Å². The summed E-state index contributed by atoms with van der Waals surface area (Å²) >= 11 is 0. The third-order valence-electron chi connectivity index (χ3n) is 7.43. The highest BCUT2D eigenvalue weighted by Crippen LogP contribution is 2.61. The average molecular weight is 322 g/mol. The lowest BCUT2D eigenvalue weighted by Gasteiger charge is -2.59. The summed E-state index contributed by atoms with van der Waals surface area (Å²) in [6.45, 7) is 9.75. The van der Waals surface area contributed by atoms with Crippen LogP contribution in [0.4, 0.5) is 5.69 Å². The summed E-state index contributed by atoms with van der Waals surface area (Å²) in [7, 11) is 2.30. The molecule has 0 spiro atoms. The lowest BCUT2D eigenvalue weighted by Crippen LogP contribution is -2.62. The molecule has 1 aliphatic carbocycles. The van der Waals surface area contributed by atoms with Crippen LogP contribution in [0, 0.1) is 5.41 Å². The zero-order valence-corrected chi connectivity index (χ0v) is 15.8. The minimum Gasteiger partial charge on any atom is -0.352 e. The van der Waals surface area contributed by atoms with Gasteiger partial charge in [-0.05, 0) is 43.4 Å². The number of hydrogen-bond acceptors (Lipinski definition) is 2. The third kappa shape index (κ3) is 1.67. The first-order valence-electron chi connectivity index (χ1n) is 9.51. The van der Waals surface area contributed by atoms with Crippen molar-refractivity contribution in [1.29, 1.82) is 0 Å². The summed E-state index contributed by atoms with van der Waals surface area (Å²) in [4.78, 5) is 5.23. The molecule has 0 saturated carbocycles. The van der Waals surface area contributed by atoms with Gasteiger partial charge in [-0.3, -0.25) is 0 Å². The molecule has 3 unspecified atom stereocenters. The molecule has 3 atom stereocenters. The molecule has 0 saturated heterocycles. The van der Waals surface area contributed by atoms with E-state index in [-0.39, 0.29) is 10.8 Å². The van der Waals surface area contributed by atoms with Crippen molar-refractivity contribution < 1.29 is 0 Å². The monoisotopic (exact) mass is 322 g/mol. The average Bonchev–Trinajstić information content (AvgIpc) is 2.93. The van der Waals surface area contributed by atoms with Crippen molar-refractivity contribution in [1.82, 2.24) is 4.90 Å². The van der Waals surface area contributed by atoms with Crippen LogP contribution in [0.3, 0.4) is 0 Å². The maximum absolute atomic E-state index is 2.68. The third-order valence-corrected chi connectivity index (χ3v) is 7.43. The molecule has 1 aromatic carbocycles. The quantitative estimate of drug-likeness (QED) is 0.717. The lowest BCUT2D eigenvalue weighted by atomic mass is 9.55. The van der Waals surface area contributed by atoms with E-state index in [1.807, 2.05) is 0 Å². The maximum atomic E-state index is 2.68. The summed E-state index contributed by atoms with van der Waals surface area (Å²) in [5, 5.41) is 0. The fraction of sp³-hybridized carbons (Fsp3) is 0.545.